The number of amides is 2. The minimum absolute atomic E-state index is 0.0603. The van der Waals surface area contributed by atoms with Gasteiger partial charge in [0.2, 0.25) is 10.0 Å². The topological polar surface area (TPSA) is 117 Å². The van der Waals surface area contributed by atoms with Crippen molar-refractivity contribution < 1.29 is 18.0 Å². The molecule has 3 rings (SSSR count). The molecule has 0 aliphatic heterocycles. The molecule has 2 amide bonds. The van der Waals surface area contributed by atoms with E-state index in [2.05, 4.69) is 36.5 Å². The Labute approximate surface area is 183 Å². The number of halogens is 1. The fourth-order valence-corrected chi connectivity index (χ4v) is 5.45. The van der Waals surface area contributed by atoms with Crippen LogP contribution in [0.2, 0.25) is 0 Å². The fourth-order valence-electron chi connectivity index (χ4n) is 2.25. The Bertz CT molecular complexity index is 1140. The van der Waals surface area contributed by atoms with Gasteiger partial charge in [-0.15, -0.1) is 22.7 Å². The summed E-state index contributed by atoms with van der Waals surface area (Å²) in [7, 11) is -3.72. The first kappa shape index (κ1) is 21.6. The summed E-state index contributed by atoms with van der Waals surface area (Å²) in [6.45, 7) is 1.58. The minimum Gasteiger partial charge on any atom is -0.266 e. The van der Waals surface area contributed by atoms with Gasteiger partial charge >= 0.3 is 0 Å². The van der Waals surface area contributed by atoms with Crippen molar-refractivity contribution in [2.24, 2.45) is 0 Å². The zero-order chi connectivity index (χ0) is 21.0. The van der Waals surface area contributed by atoms with E-state index in [4.69, 9.17) is 0 Å². The normalized spacial score (nSPS) is 11.2. The van der Waals surface area contributed by atoms with Gasteiger partial charge in [-0.3, -0.25) is 20.4 Å². The highest BCUT2D eigenvalue weighted by Gasteiger charge is 2.19. The van der Waals surface area contributed by atoms with Crippen LogP contribution in [0, 0.1) is 6.92 Å². The zero-order valence-corrected chi connectivity index (χ0v) is 19.0. The zero-order valence-electron chi connectivity index (χ0n) is 14.9. The fraction of sp³-hybridized carbons (Fsp3) is 0.118. The van der Waals surface area contributed by atoms with E-state index in [-0.39, 0.29) is 16.3 Å². The third-order valence-electron chi connectivity index (χ3n) is 3.60. The molecule has 0 saturated heterocycles. The Morgan fingerprint density at radius 1 is 1.14 bits per heavy atom. The van der Waals surface area contributed by atoms with Crippen LogP contribution in [0.5, 0.6) is 0 Å². The molecular weight excluding hydrogens is 500 g/mol. The van der Waals surface area contributed by atoms with Crippen LogP contribution in [-0.2, 0) is 16.6 Å². The van der Waals surface area contributed by atoms with Crippen LogP contribution in [-0.4, -0.2) is 25.2 Å². The van der Waals surface area contributed by atoms with Gasteiger partial charge in [0.1, 0.15) is 9.88 Å². The molecule has 0 unspecified atom stereocenters. The molecule has 29 heavy (non-hydrogen) atoms. The highest BCUT2D eigenvalue weighted by atomic mass is 79.9. The van der Waals surface area contributed by atoms with Crippen LogP contribution in [0.4, 0.5) is 0 Å². The van der Waals surface area contributed by atoms with Gasteiger partial charge in [-0.05, 0) is 36.6 Å². The maximum absolute atomic E-state index is 12.4. The Morgan fingerprint density at radius 3 is 2.59 bits per heavy atom. The first-order valence-corrected chi connectivity index (χ1v) is 12.1. The number of nitrogens with zero attached hydrogens (tertiary/aromatic N) is 1. The number of hydrogen-bond donors (Lipinski definition) is 3. The number of aromatic nitrogens is 1. The molecular formula is C17H15BrN4O4S3. The van der Waals surface area contributed by atoms with Gasteiger partial charge in [0.15, 0.2) is 0 Å². The lowest BCUT2D eigenvalue weighted by molar-refractivity contribution is 0.0850. The second-order valence-electron chi connectivity index (χ2n) is 5.69. The van der Waals surface area contributed by atoms with Gasteiger partial charge in [0, 0.05) is 4.47 Å². The van der Waals surface area contributed by atoms with E-state index in [0.717, 1.165) is 11.3 Å². The molecule has 0 atom stereocenters. The quantitative estimate of drug-likeness (QED) is 0.437. The van der Waals surface area contributed by atoms with Crippen LogP contribution >= 0.6 is 38.6 Å². The summed E-state index contributed by atoms with van der Waals surface area (Å²) in [6, 6.07) is 9.69. The SMILES string of the molecule is Cc1nc(CNS(=O)(=O)c2cccc(Br)c2)sc1C(=O)NNC(=O)c1cccs1. The van der Waals surface area contributed by atoms with Crippen LogP contribution in [0.15, 0.2) is 51.1 Å². The summed E-state index contributed by atoms with van der Waals surface area (Å²) in [4.78, 5) is 29.3. The lowest BCUT2D eigenvalue weighted by atomic mass is 10.4. The summed E-state index contributed by atoms with van der Waals surface area (Å²) < 4.78 is 27.9. The molecule has 0 radical (unpaired) electrons. The van der Waals surface area contributed by atoms with Crippen molar-refractivity contribution in [2.75, 3.05) is 0 Å². The van der Waals surface area contributed by atoms with Gasteiger partial charge in [-0.2, -0.15) is 0 Å². The van der Waals surface area contributed by atoms with Crippen molar-refractivity contribution in [3.05, 3.63) is 66.7 Å². The van der Waals surface area contributed by atoms with Crippen LogP contribution in [0.1, 0.15) is 30.0 Å². The lowest BCUT2D eigenvalue weighted by Crippen LogP contribution is -2.41. The third kappa shape index (κ3) is 5.48. The van der Waals surface area contributed by atoms with Crippen molar-refractivity contribution in [1.29, 1.82) is 0 Å². The number of thiophene rings is 1. The lowest BCUT2D eigenvalue weighted by Gasteiger charge is -2.05. The molecule has 0 fully saturated rings. The van der Waals surface area contributed by atoms with Crippen molar-refractivity contribution >= 4 is 60.4 Å². The monoisotopic (exact) mass is 514 g/mol. The summed E-state index contributed by atoms with van der Waals surface area (Å²) in [5.74, 6) is -0.941. The number of carbonyl (C=O) groups excluding carboxylic acids is 2. The van der Waals surface area contributed by atoms with Gasteiger partial charge in [0.05, 0.1) is 22.0 Å². The largest absolute Gasteiger partial charge is 0.281 e. The number of carbonyl (C=O) groups is 2. The number of rotatable bonds is 6. The first-order chi connectivity index (χ1) is 13.8. The number of nitrogens with one attached hydrogen (secondary N) is 3. The maximum Gasteiger partial charge on any atom is 0.281 e. The molecule has 0 saturated carbocycles. The number of sulfonamides is 1. The van der Waals surface area contributed by atoms with Gasteiger partial charge in [-0.25, -0.2) is 18.1 Å². The summed E-state index contributed by atoms with van der Waals surface area (Å²) in [6.07, 6.45) is 0. The van der Waals surface area contributed by atoms with E-state index >= 15 is 0 Å². The van der Waals surface area contributed by atoms with Crippen molar-refractivity contribution in [3.63, 3.8) is 0 Å². The van der Waals surface area contributed by atoms with E-state index in [1.807, 2.05) is 0 Å². The maximum atomic E-state index is 12.4. The van der Waals surface area contributed by atoms with Crippen molar-refractivity contribution in [3.8, 4) is 0 Å². The summed E-state index contributed by atoms with van der Waals surface area (Å²) >= 11 is 5.54. The van der Waals surface area contributed by atoms with E-state index in [1.54, 1.807) is 36.6 Å². The minimum atomic E-state index is -3.72. The van der Waals surface area contributed by atoms with Crippen molar-refractivity contribution in [2.45, 2.75) is 18.4 Å². The molecule has 0 spiro atoms. The smallest absolute Gasteiger partial charge is 0.266 e. The predicted octanol–water partition coefficient (Wildman–Crippen LogP) is 2.83. The standard InChI is InChI=1S/C17H15BrN4O4S3/c1-10-15(17(24)22-21-16(23)13-6-3-7-27-13)28-14(20-10)9-19-29(25,26)12-5-2-4-11(18)8-12/h2-8,19H,9H2,1H3,(H,21,23)(H,22,24). The van der Waals surface area contributed by atoms with Gasteiger partial charge in [0.25, 0.3) is 11.8 Å². The second-order valence-corrected chi connectivity index (χ2v) is 10.4. The Hall–Kier alpha value is -2.12. The number of thiazole rings is 1. The van der Waals surface area contributed by atoms with Crippen LogP contribution in [0.25, 0.3) is 0 Å². The van der Waals surface area contributed by atoms with E-state index in [9.17, 15) is 18.0 Å². The second kappa shape index (κ2) is 9.13. The molecule has 12 heteroatoms. The third-order valence-corrected chi connectivity index (χ3v) is 7.52. The molecule has 1 aromatic carbocycles. The predicted molar refractivity (Wildman–Crippen MR) is 114 cm³/mol. The van der Waals surface area contributed by atoms with E-state index in [0.29, 0.717) is 20.1 Å². The molecule has 0 bridgehead atoms. The first-order valence-electron chi connectivity index (χ1n) is 8.12. The van der Waals surface area contributed by atoms with E-state index in [1.165, 1.54) is 23.5 Å². The van der Waals surface area contributed by atoms with E-state index < -0.39 is 21.8 Å². The van der Waals surface area contributed by atoms with Crippen molar-refractivity contribution in [1.82, 2.24) is 20.6 Å². The van der Waals surface area contributed by atoms with Gasteiger partial charge < -0.3 is 0 Å². The molecule has 152 valence electrons. The molecule has 0 aliphatic rings. The molecule has 0 aliphatic carbocycles. The number of hydrazine groups is 1. The highest BCUT2D eigenvalue weighted by Crippen LogP contribution is 2.20. The summed E-state index contributed by atoms with van der Waals surface area (Å²) in [5, 5.41) is 2.18. The Morgan fingerprint density at radius 2 is 1.90 bits per heavy atom. The Balaban J connectivity index is 1.62. The average molecular weight is 515 g/mol. The van der Waals surface area contributed by atoms with Crippen LogP contribution < -0.4 is 15.6 Å². The number of hydrogen-bond acceptors (Lipinski definition) is 7. The van der Waals surface area contributed by atoms with Gasteiger partial charge in [-0.1, -0.05) is 28.1 Å². The number of benzene rings is 1. The van der Waals surface area contributed by atoms with Crippen LogP contribution in [0.3, 0.4) is 0 Å². The summed E-state index contributed by atoms with van der Waals surface area (Å²) in [5.41, 5.74) is 5.12. The molecule has 2 aromatic heterocycles. The average Bonchev–Trinajstić information content (AvgIpc) is 3.34. The Kier molecular flexibility index (Phi) is 6.80. The highest BCUT2D eigenvalue weighted by molar-refractivity contribution is 9.10. The molecule has 3 N–H and O–H groups in total. The molecule has 8 nitrogen and oxygen atoms in total. The number of aryl methyl sites for hydroxylation is 1. The molecule has 2 heterocycles. The molecule has 3 aromatic rings.